The largest absolute Gasteiger partial charge is 0.472 e. The monoisotopic (exact) mass is 430 g/mol. The van der Waals surface area contributed by atoms with Crippen LogP contribution in [0.25, 0.3) is 10.9 Å². The highest BCUT2D eigenvalue weighted by atomic mass is 35.5. The Hall–Kier alpha value is -2.15. The summed E-state index contributed by atoms with van der Waals surface area (Å²) in [5.74, 6) is 0.966. The van der Waals surface area contributed by atoms with Gasteiger partial charge in [0.05, 0.1) is 17.0 Å². The lowest BCUT2D eigenvalue weighted by Gasteiger charge is -2.16. The van der Waals surface area contributed by atoms with E-state index < -0.39 is 9.84 Å². The van der Waals surface area contributed by atoms with Crippen LogP contribution in [0.3, 0.4) is 0 Å². The number of nitrogens with one attached hydrogen (secondary N) is 1. The first-order valence-corrected chi connectivity index (χ1v) is 11.8. The Kier molecular flexibility index (Phi) is 5.76. The molecular formula is C22H23ClN2O3S. The van der Waals surface area contributed by atoms with Crippen molar-refractivity contribution in [2.45, 2.75) is 32.5 Å². The predicted octanol–water partition coefficient (Wildman–Crippen LogP) is 4.05. The number of halogens is 1. The maximum atomic E-state index is 11.7. The van der Waals surface area contributed by atoms with Crippen LogP contribution in [0.15, 0.2) is 48.5 Å². The van der Waals surface area contributed by atoms with E-state index in [4.69, 9.17) is 21.3 Å². The summed E-state index contributed by atoms with van der Waals surface area (Å²) < 4.78 is 29.5. The first-order chi connectivity index (χ1) is 13.9. The van der Waals surface area contributed by atoms with Crippen molar-refractivity contribution in [1.82, 2.24) is 10.3 Å². The second-order valence-electron chi connectivity index (χ2n) is 7.51. The zero-order valence-electron chi connectivity index (χ0n) is 16.2. The van der Waals surface area contributed by atoms with E-state index in [1.807, 2.05) is 43.3 Å². The molecule has 1 aliphatic rings. The molecule has 0 radical (unpaired) electrons. The summed E-state index contributed by atoms with van der Waals surface area (Å²) in [6, 6.07) is 15.7. The lowest BCUT2D eigenvalue weighted by molar-refractivity contribution is 0.290. The Morgan fingerprint density at radius 1 is 1.17 bits per heavy atom. The van der Waals surface area contributed by atoms with Crippen LogP contribution < -0.4 is 10.1 Å². The smallest absolute Gasteiger partial charge is 0.218 e. The summed E-state index contributed by atoms with van der Waals surface area (Å²) in [5.41, 5.74) is 3.81. The van der Waals surface area contributed by atoms with Crippen molar-refractivity contribution < 1.29 is 13.2 Å². The molecule has 1 unspecified atom stereocenters. The van der Waals surface area contributed by atoms with Crippen LogP contribution in [-0.2, 0) is 23.0 Å². The van der Waals surface area contributed by atoms with Gasteiger partial charge in [-0.15, -0.1) is 0 Å². The molecule has 29 heavy (non-hydrogen) atoms. The third-order valence-electron chi connectivity index (χ3n) is 5.15. The zero-order valence-corrected chi connectivity index (χ0v) is 17.8. The van der Waals surface area contributed by atoms with Gasteiger partial charge in [-0.1, -0.05) is 41.4 Å². The molecule has 0 saturated carbocycles. The molecule has 152 valence electrons. The fraction of sp³-hybridized carbons (Fsp3) is 0.318. The van der Waals surface area contributed by atoms with Crippen molar-refractivity contribution in [3.63, 3.8) is 0 Å². The van der Waals surface area contributed by atoms with Crippen molar-refractivity contribution in [3.05, 3.63) is 70.2 Å². The third kappa shape index (κ3) is 4.89. The van der Waals surface area contributed by atoms with Gasteiger partial charge in [-0.05, 0) is 37.6 Å². The molecule has 2 aromatic carbocycles. The Labute approximate surface area is 176 Å². The van der Waals surface area contributed by atoms with E-state index in [9.17, 15) is 8.42 Å². The molecular weight excluding hydrogens is 408 g/mol. The third-order valence-corrected chi connectivity index (χ3v) is 7.28. The Morgan fingerprint density at radius 2 is 2.00 bits per heavy atom. The summed E-state index contributed by atoms with van der Waals surface area (Å²) in [6.45, 7) is 2.85. The number of ether oxygens (including phenoxy) is 1. The Bertz CT molecular complexity index is 1150. The fourth-order valence-corrected chi connectivity index (χ4v) is 5.44. The maximum Gasteiger partial charge on any atom is 0.218 e. The topological polar surface area (TPSA) is 68.3 Å². The number of sulfone groups is 1. The minimum absolute atomic E-state index is 0.0374. The molecule has 0 spiro atoms. The van der Waals surface area contributed by atoms with Gasteiger partial charge < -0.3 is 10.1 Å². The first-order valence-electron chi connectivity index (χ1n) is 9.60. The molecule has 2 heterocycles. The van der Waals surface area contributed by atoms with Gasteiger partial charge >= 0.3 is 0 Å². The highest BCUT2D eigenvalue weighted by Gasteiger charge is 2.27. The summed E-state index contributed by atoms with van der Waals surface area (Å²) >= 11 is 6.25. The summed E-state index contributed by atoms with van der Waals surface area (Å²) in [4.78, 5) is 4.71. The molecule has 0 bridgehead atoms. The number of nitrogens with zero attached hydrogens (tertiary/aromatic N) is 1. The minimum atomic E-state index is -2.93. The zero-order chi connectivity index (χ0) is 20.4. The van der Waals surface area contributed by atoms with E-state index in [1.54, 1.807) is 0 Å². The SMILES string of the molecule is Cc1ccc2nc(OCc3ccccc3Cl)c(CNC3CCS(=O)(=O)C3)cc2c1. The van der Waals surface area contributed by atoms with Crippen LogP contribution in [-0.4, -0.2) is 30.9 Å². The summed E-state index contributed by atoms with van der Waals surface area (Å²) in [5, 5.41) is 5.04. The molecule has 1 aliphatic heterocycles. The normalized spacial score (nSPS) is 18.2. The van der Waals surface area contributed by atoms with Gasteiger partial charge in [-0.2, -0.15) is 0 Å². The number of benzene rings is 2. The van der Waals surface area contributed by atoms with Gasteiger partial charge in [-0.3, -0.25) is 0 Å². The van der Waals surface area contributed by atoms with E-state index in [2.05, 4.69) is 17.4 Å². The van der Waals surface area contributed by atoms with Crippen molar-refractivity contribution >= 4 is 32.3 Å². The van der Waals surface area contributed by atoms with E-state index in [0.717, 1.165) is 27.6 Å². The molecule has 5 nitrogen and oxygen atoms in total. The molecule has 1 N–H and O–H groups in total. The number of hydrogen-bond acceptors (Lipinski definition) is 5. The van der Waals surface area contributed by atoms with Gasteiger partial charge in [0.1, 0.15) is 6.61 Å². The van der Waals surface area contributed by atoms with Gasteiger partial charge in [-0.25, -0.2) is 13.4 Å². The van der Waals surface area contributed by atoms with Crippen LogP contribution in [0.4, 0.5) is 0 Å². The van der Waals surface area contributed by atoms with Crippen LogP contribution in [0.1, 0.15) is 23.1 Å². The van der Waals surface area contributed by atoms with Gasteiger partial charge in [0.2, 0.25) is 5.88 Å². The molecule has 1 fully saturated rings. The van der Waals surface area contributed by atoms with Crippen LogP contribution in [0.2, 0.25) is 5.02 Å². The highest BCUT2D eigenvalue weighted by Crippen LogP contribution is 2.26. The van der Waals surface area contributed by atoms with Gasteiger partial charge in [0.15, 0.2) is 9.84 Å². The number of aryl methyl sites for hydroxylation is 1. The molecule has 3 aromatic rings. The van der Waals surface area contributed by atoms with Crippen molar-refractivity contribution in [2.75, 3.05) is 11.5 Å². The van der Waals surface area contributed by atoms with E-state index in [1.165, 1.54) is 0 Å². The van der Waals surface area contributed by atoms with Crippen LogP contribution >= 0.6 is 11.6 Å². The summed E-state index contributed by atoms with van der Waals surface area (Å²) in [7, 11) is -2.93. The quantitative estimate of drug-likeness (QED) is 0.638. The molecule has 7 heteroatoms. The summed E-state index contributed by atoms with van der Waals surface area (Å²) in [6.07, 6.45) is 0.637. The lowest BCUT2D eigenvalue weighted by Crippen LogP contribution is -2.29. The minimum Gasteiger partial charge on any atom is -0.472 e. The number of pyridine rings is 1. The molecule has 4 rings (SSSR count). The van der Waals surface area contributed by atoms with Crippen molar-refractivity contribution in [2.24, 2.45) is 0 Å². The van der Waals surface area contributed by atoms with E-state index in [-0.39, 0.29) is 17.5 Å². The average molecular weight is 431 g/mol. The fourth-order valence-electron chi connectivity index (χ4n) is 3.55. The maximum absolute atomic E-state index is 11.7. The van der Waals surface area contributed by atoms with E-state index in [0.29, 0.717) is 30.5 Å². The molecule has 1 saturated heterocycles. The van der Waals surface area contributed by atoms with Crippen molar-refractivity contribution in [1.29, 1.82) is 0 Å². The predicted molar refractivity (Wildman–Crippen MR) is 116 cm³/mol. The molecule has 1 aromatic heterocycles. The Balaban J connectivity index is 1.59. The number of aromatic nitrogens is 1. The molecule has 1 atom stereocenters. The van der Waals surface area contributed by atoms with E-state index >= 15 is 0 Å². The second kappa shape index (κ2) is 8.30. The molecule has 0 amide bonds. The van der Waals surface area contributed by atoms with Crippen LogP contribution in [0, 0.1) is 6.92 Å². The highest BCUT2D eigenvalue weighted by molar-refractivity contribution is 7.91. The second-order valence-corrected chi connectivity index (χ2v) is 10.1. The average Bonchev–Trinajstić information content (AvgIpc) is 3.04. The number of fused-ring (bicyclic) bond motifs is 1. The van der Waals surface area contributed by atoms with Gasteiger partial charge in [0.25, 0.3) is 0 Å². The standard InChI is InChI=1S/C22H23ClN2O3S/c1-15-6-7-21-17(10-15)11-18(12-24-19-8-9-29(26,27)14-19)22(25-21)28-13-16-4-2-3-5-20(16)23/h2-7,10-11,19,24H,8-9,12-14H2,1H3. The number of rotatable bonds is 6. The molecule has 0 aliphatic carbocycles. The lowest BCUT2D eigenvalue weighted by atomic mass is 10.1. The Morgan fingerprint density at radius 3 is 2.76 bits per heavy atom. The van der Waals surface area contributed by atoms with Gasteiger partial charge in [0, 0.05) is 34.1 Å². The van der Waals surface area contributed by atoms with Crippen molar-refractivity contribution in [3.8, 4) is 5.88 Å². The number of hydrogen-bond donors (Lipinski definition) is 1. The van der Waals surface area contributed by atoms with Crippen LogP contribution in [0.5, 0.6) is 5.88 Å². The first kappa shape index (κ1) is 20.1.